The highest BCUT2D eigenvalue weighted by molar-refractivity contribution is 5.79. The Morgan fingerprint density at radius 2 is 1.74 bits per heavy atom. The van der Waals surface area contributed by atoms with Gasteiger partial charge in [-0.25, -0.2) is 0 Å². The average molecular weight is 312 g/mol. The minimum Gasteiger partial charge on any atom is -0.342 e. The molecule has 23 heavy (non-hydrogen) atoms. The quantitative estimate of drug-likeness (QED) is 0.910. The Labute approximate surface area is 139 Å². The molecule has 0 saturated carbocycles. The number of carbonyl (C=O) groups is 1. The Morgan fingerprint density at radius 1 is 1.04 bits per heavy atom. The first-order chi connectivity index (χ1) is 11.3. The van der Waals surface area contributed by atoms with Gasteiger partial charge in [-0.3, -0.25) is 4.79 Å². The van der Waals surface area contributed by atoms with Crippen LogP contribution < -0.4 is 5.32 Å². The normalized spacial score (nSPS) is 27.2. The van der Waals surface area contributed by atoms with Crippen molar-refractivity contribution in [1.29, 1.82) is 0 Å². The van der Waals surface area contributed by atoms with Crippen LogP contribution in [0.15, 0.2) is 18.2 Å². The Balaban J connectivity index is 1.39. The number of nitrogens with one attached hydrogen (secondary N) is 1. The van der Waals surface area contributed by atoms with Gasteiger partial charge < -0.3 is 10.2 Å². The molecule has 2 heterocycles. The third-order valence-corrected chi connectivity index (χ3v) is 6.14. The van der Waals surface area contributed by atoms with Gasteiger partial charge in [-0.05, 0) is 80.1 Å². The van der Waals surface area contributed by atoms with E-state index in [1.807, 2.05) is 0 Å². The summed E-state index contributed by atoms with van der Waals surface area (Å²) in [4.78, 5) is 14.8. The van der Waals surface area contributed by atoms with Gasteiger partial charge in [-0.2, -0.15) is 0 Å². The Morgan fingerprint density at radius 3 is 2.48 bits per heavy atom. The van der Waals surface area contributed by atoms with Gasteiger partial charge in [-0.15, -0.1) is 0 Å². The number of aryl methyl sites for hydroxylation is 2. The van der Waals surface area contributed by atoms with Crippen LogP contribution in [0, 0.1) is 11.8 Å². The number of amides is 1. The molecule has 1 amide bonds. The fraction of sp³-hybridized carbons (Fsp3) is 0.650. The van der Waals surface area contributed by atoms with Gasteiger partial charge in [0.15, 0.2) is 0 Å². The van der Waals surface area contributed by atoms with Crippen molar-refractivity contribution >= 4 is 5.91 Å². The molecule has 0 bridgehead atoms. The Bertz CT molecular complexity index is 569. The lowest BCUT2D eigenvalue weighted by Crippen LogP contribution is -2.34. The Hall–Kier alpha value is -1.35. The second-order valence-corrected chi connectivity index (χ2v) is 7.62. The molecule has 2 aliphatic heterocycles. The molecule has 0 radical (unpaired) electrons. The van der Waals surface area contributed by atoms with Crippen molar-refractivity contribution in [3.63, 3.8) is 0 Å². The maximum absolute atomic E-state index is 12.7. The van der Waals surface area contributed by atoms with Gasteiger partial charge in [0.1, 0.15) is 0 Å². The summed E-state index contributed by atoms with van der Waals surface area (Å²) in [5, 5.41) is 3.50. The predicted molar refractivity (Wildman–Crippen MR) is 92.5 cm³/mol. The lowest BCUT2D eigenvalue weighted by atomic mass is 9.90. The van der Waals surface area contributed by atoms with E-state index >= 15 is 0 Å². The number of hydrogen-bond donors (Lipinski definition) is 1. The van der Waals surface area contributed by atoms with E-state index in [4.69, 9.17) is 0 Å². The highest BCUT2D eigenvalue weighted by Gasteiger charge is 2.31. The van der Waals surface area contributed by atoms with Crippen molar-refractivity contribution < 1.29 is 4.79 Å². The SMILES string of the molecule is O=C(Cc1ccc2c(c1)CCCC2)N1CC[C@@H]2CNC[C@@H]2CC1. The summed E-state index contributed by atoms with van der Waals surface area (Å²) in [6.45, 7) is 4.20. The van der Waals surface area contributed by atoms with E-state index in [9.17, 15) is 4.79 Å². The zero-order valence-corrected chi connectivity index (χ0v) is 14.0. The fourth-order valence-electron chi connectivity index (χ4n) is 4.65. The van der Waals surface area contributed by atoms with E-state index in [2.05, 4.69) is 28.4 Å². The molecule has 3 nitrogen and oxygen atoms in total. The number of rotatable bonds is 2. The molecule has 1 N–H and O–H groups in total. The van der Waals surface area contributed by atoms with Crippen LogP contribution in [0.3, 0.4) is 0 Å². The summed E-state index contributed by atoms with van der Waals surface area (Å²) < 4.78 is 0. The molecule has 2 fully saturated rings. The van der Waals surface area contributed by atoms with Crippen molar-refractivity contribution in [2.45, 2.75) is 44.9 Å². The number of benzene rings is 1. The van der Waals surface area contributed by atoms with Crippen molar-refractivity contribution in [3.05, 3.63) is 34.9 Å². The first-order valence-corrected chi connectivity index (χ1v) is 9.39. The average Bonchev–Trinajstić information content (AvgIpc) is 2.93. The maximum Gasteiger partial charge on any atom is 0.226 e. The first-order valence-electron chi connectivity index (χ1n) is 9.39. The van der Waals surface area contributed by atoms with Crippen LogP contribution in [0.2, 0.25) is 0 Å². The summed E-state index contributed by atoms with van der Waals surface area (Å²) in [6.07, 6.45) is 7.95. The van der Waals surface area contributed by atoms with E-state index in [0.717, 1.165) is 38.0 Å². The van der Waals surface area contributed by atoms with Crippen molar-refractivity contribution in [3.8, 4) is 0 Å². The summed E-state index contributed by atoms with van der Waals surface area (Å²) in [6, 6.07) is 6.73. The minimum absolute atomic E-state index is 0.327. The van der Waals surface area contributed by atoms with Crippen LogP contribution in [0.1, 0.15) is 42.4 Å². The molecule has 0 aromatic heterocycles. The largest absolute Gasteiger partial charge is 0.342 e. The maximum atomic E-state index is 12.7. The van der Waals surface area contributed by atoms with E-state index in [0.29, 0.717) is 12.3 Å². The van der Waals surface area contributed by atoms with Crippen LogP contribution in [-0.2, 0) is 24.1 Å². The molecule has 3 aliphatic rings. The van der Waals surface area contributed by atoms with Crippen LogP contribution >= 0.6 is 0 Å². The third-order valence-electron chi connectivity index (χ3n) is 6.14. The first kappa shape index (κ1) is 15.2. The van der Waals surface area contributed by atoms with Gasteiger partial charge in [0, 0.05) is 13.1 Å². The molecule has 4 rings (SSSR count). The molecule has 0 unspecified atom stereocenters. The highest BCUT2D eigenvalue weighted by Crippen LogP contribution is 2.27. The van der Waals surface area contributed by atoms with Crippen LogP contribution in [0.25, 0.3) is 0 Å². The smallest absolute Gasteiger partial charge is 0.226 e. The van der Waals surface area contributed by atoms with E-state index < -0.39 is 0 Å². The fourth-order valence-corrected chi connectivity index (χ4v) is 4.65. The van der Waals surface area contributed by atoms with Crippen LogP contribution in [-0.4, -0.2) is 37.0 Å². The van der Waals surface area contributed by atoms with Gasteiger partial charge in [-0.1, -0.05) is 18.2 Å². The summed E-state index contributed by atoms with van der Waals surface area (Å²) in [7, 11) is 0. The molecule has 1 aromatic rings. The monoisotopic (exact) mass is 312 g/mol. The number of fused-ring (bicyclic) bond motifs is 2. The molecule has 1 aliphatic carbocycles. The molecular formula is C20H28N2O. The summed E-state index contributed by atoms with van der Waals surface area (Å²) in [5.41, 5.74) is 4.20. The van der Waals surface area contributed by atoms with Crippen molar-refractivity contribution in [2.24, 2.45) is 11.8 Å². The molecular weight excluding hydrogens is 284 g/mol. The highest BCUT2D eigenvalue weighted by atomic mass is 16.2. The number of carbonyl (C=O) groups excluding carboxylic acids is 1. The molecule has 2 saturated heterocycles. The van der Waals surface area contributed by atoms with Crippen LogP contribution in [0.4, 0.5) is 0 Å². The zero-order chi connectivity index (χ0) is 15.6. The lowest BCUT2D eigenvalue weighted by molar-refractivity contribution is -0.130. The topological polar surface area (TPSA) is 32.3 Å². The van der Waals surface area contributed by atoms with Gasteiger partial charge >= 0.3 is 0 Å². The standard InChI is InChI=1S/C20H28N2O/c23-20(22-9-7-18-13-21-14-19(18)8-10-22)12-15-5-6-16-3-1-2-4-17(16)11-15/h5-6,11,18-19,21H,1-4,7-10,12-14H2/t18-,19+. The minimum atomic E-state index is 0.327. The number of hydrogen-bond acceptors (Lipinski definition) is 2. The molecule has 2 atom stereocenters. The van der Waals surface area contributed by atoms with Crippen LogP contribution in [0.5, 0.6) is 0 Å². The van der Waals surface area contributed by atoms with Gasteiger partial charge in [0.05, 0.1) is 6.42 Å². The second kappa shape index (κ2) is 6.64. The van der Waals surface area contributed by atoms with Crippen molar-refractivity contribution in [1.82, 2.24) is 10.2 Å². The molecule has 0 spiro atoms. The zero-order valence-electron chi connectivity index (χ0n) is 14.0. The lowest BCUT2D eigenvalue weighted by Gasteiger charge is -2.22. The summed E-state index contributed by atoms with van der Waals surface area (Å²) >= 11 is 0. The number of nitrogens with zero attached hydrogens (tertiary/aromatic N) is 1. The molecule has 1 aromatic carbocycles. The molecule has 3 heteroatoms. The molecule has 124 valence electrons. The third kappa shape index (κ3) is 3.30. The second-order valence-electron chi connectivity index (χ2n) is 7.62. The number of likely N-dealkylation sites (tertiary alicyclic amines) is 1. The predicted octanol–water partition coefficient (Wildman–Crippen LogP) is 2.57. The van der Waals surface area contributed by atoms with E-state index in [1.54, 1.807) is 0 Å². The van der Waals surface area contributed by atoms with Gasteiger partial charge in [0.25, 0.3) is 0 Å². The van der Waals surface area contributed by atoms with Gasteiger partial charge in [0.2, 0.25) is 5.91 Å². The van der Waals surface area contributed by atoms with E-state index in [1.165, 1.54) is 55.2 Å². The van der Waals surface area contributed by atoms with Crippen molar-refractivity contribution in [2.75, 3.05) is 26.2 Å². The Kier molecular flexibility index (Phi) is 4.39. The summed E-state index contributed by atoms with van der Waals surface area (Å²) in [5.74, 6) is 1.90. The van der Waals surface area contributed by atoms with E-state index in [-0.39, 0.29) is 0 Å².